The molecule has 0 fully saturated rings. The summed E-state index contributed by atoms with van der Waals surface area (Å²) >= 11 is 1.72. The third-order valence-corrected chi connectivity index (χ3v) is 4.71. The highest BCUT2D eigenvalue weighted by atomic mass is 32.2. The summed E-state index contributed by atoms with van der Waals surface area (Å²) in [5.41, 5.74) is 2.16. The molecule has 0 unspecified atom stereocenters. The third-order valence-electron chi connectivity index (χ3n) is 3.57. The number of benzene rings is 2. The van der Waals surface area contributed by atoms with Crippen LogP contribution in [-0.2, 0) is 0 Å². The average molecular weight is 301 g/mol. The van der Waals surface area contributed by atoms with Crippen molar-refractivity contribution in [2.75, 3.05) is 32.1 Å². The second-order valence-electron chi connectivity index (χ2n) is 5.49. The molecule has 110 valence electrons. The van der Waals surface area contributed by atoms with E-state index in [1.54, 1.807) is 17.8 Å². The summed E-state index contributed by atoms with van der Waals surface area (Å²) in [5.74, 6) is -0.175. The second-order valence-corrected chi connectivity index (χ2v) is 6.57. The van der Waals surface area contributed by atoms with Gasteiger partial charge in [0.1, 0.15) is 5.82 Å². The highest BCUT2D eigenvalue weighted by molar-refractivity contribution is 7.99. The number of hydrogen-bond acceptors (Lipinski definition) is 3. The highest BCUT2D eigenvalue weighted by Crippen LogP contribution is 2.48. The van der Waals surface area contributed by atoms with Crippen LogP contribution in [-0.4, -0.2) is 32.1 Å². The van der Waals surface area contributed by atoms with Crippen LogP contribution in [0.5, 0.6) is 0 Å². The van der Waals surface area contributed by atoms with E-state index >= 15 is 0 Å². The third kappa shape index (κ3) is 3.06. The largest absolute Gasteiger partial charge is 0.340 e. The van der Waals surface area contributed by atoms with E-state index in [0.717, 1.165) is 30.1 Å². The fraction of sp³-hybridized carbons (Fsp3) is 0.294. The van der Waals surface area contributed by atoms with E-state index in [9.17, 15) is 4.39 Å². The molecule has 0 saturated heterocycles. The minimum absolute atomic E-state index is 0.175. The van der Waals surface area contributed by atoms with E-state index in [-0.39, 0.29) is 5.82 Å². The predicted octanol–water partition coefficient (Wildman–Crippen LogP) is 4.38. The van der Waals surface area contributed by atoms with Gasteiger partial charge in [-0.15, -0.1) is 0 Å². The zero-order valence-corrected chi connectivity index (χ0v) is 13.2. The lowest BCUT2D eigenvalue weighted by atomic mass is 10.2. The van der Waals surface area contributed by atoms with Crippen molar-refractivity contribution in [2.24, 2.45) is 0 Å². The van der Waals surface area contributed by atoms with Gasteiger partial charge in [-0.05, 0) is 57.4 Å². The first-order chi connectivity index (χ1) is 10.1. The summed E-state index contributed by atoms with van der Waals surface area (Å²) in [7, 11) is 4.15. The first-order valence-electron chi connectivity index (χ1n) is 7.14. The maximum Gasteiger partial charge on any atom is 0.125 e. The van der Waals surface area contributed by atoms with Gasteiger partial charge in [-0.3, -0.25) is 0 Å². The lowest BCUT2D eigenvalue weighted by Gasteiger charge is -2.33. The molecular formula is C17H19FN2S. The fourth-order valence-corrected chi connectivity index (χ4v) is 3.66. The van der Waals surface area contributed by atoms with E-state index in [0.29, 0.717) is 0 Å². The van der Waals surface area contributed by atoms with Crippen molar-refractivity contribution in [2.45, 2.75) is 16.2 Å². The molecule has 0 radical (unpaired) electrons. The van der Waals surface area contributed by atoms with Crippen molar-refractivity contribution in [1.82, 2.24) is 4.90 Å². The number of nitrogens with zero attached hydrogens (tertiary/aromatic N) is 2. The smallest absolute Gasteiger partial charge is 0.125 e. The van der Waals surface area contributed by atoms with Crippen molar-refractivity contribution in [3.63, 3.8) is 0 Å². The Balaban J connectivity index is 1.94. The number of halogens is 1. The van der Waals surface area contributed by atoms with Crippen LogP contribution in [0.2, 0.25) is 0 Å². The maximum absolute atomic E-state index is 13.7. The van der Waals surface area contributed by atoms with Crippen LogP contribution in [0.1, 0.15) is 6.42 Å². The number of rotatable bonds is 4. The van der Waals surface area contributed by atoms with E-state index in [1.807, 2.05) is 12.1 Å². The van der Waals surface area contributed by atoms with E-state index in [2.05, 4.69) is 42.1 Å². The van der Waals surface area contributed by atoms with Crippen LogP contribution in [0.4, 0.5) is 15.8 Å². The summed E-state index contributed by atoms with van der Waals surface area (Å²) in [6.07, 6.45) is 1.04. The Morgan fingerprint density at radius 3 is 2.62 bits per heavy atom. The predicted molar refractivity (Wildman–Crippen MR) is 87.1 cm³/mol. The molecule has 1 aliphatic heterocycles. The minimum Gasteiger partial charge on any atom is -0.340 e. The Labute approximate surface area is 129 Å². The van der Waals surface area contributed by atoms with E-state index in [4.69, 9.17) is 0 Å². The van der Waals surface area contributed by atoms with Gasteiger partial charge in [0.05, 0.1) is 11.4 Å². The molecule has 0 amide bonds. The molecular weight excluding hydrogens is 282 g/mol. The van der Waals surface area contributed by atoms with Crippen molar-refractivity contribution in [3.05, 3.63) is 48.3 Å². The lowest BCUT2D eigenvalue weighted by molar-refractivity contribution is 0.402. The fourth-order valence-electron chi connectivity index (χ4n) is 2.59. The molecule has 1 aliphatic rings. The molecule has 0 aromatic heterocycles. The normalized spacial score (nSPS) is 13.2. The molecule has 1 heterocycles. The molecule has 0 atom stereocenters. The van der Waals surface area contributed by atoms with Crippen LogP contribution in [0.3, 0.4) is 0 Å². The van der Waals surface area contributed by atoms with Crippen LogP contribution < -0.4 is 4.90 Å². The molecule has 0 N–H and O–H groups in total. The zero-order chi connectivity index (χ0) is 14.8. The van der Waals surface area contributed by atoms with Crippen molar-refractivity contribution >= 4 is 23.1 Å². The van der Waals surface area contributed by atoms with Crippen molar-refractivity contribution in [3.8, 4) is 0 Å². The van der Waals surface area contributed by atoms with Gasteiger partial charge in [0.15, 0.2) is 0 Å². The lowest BCUT2D eigenvalue weighted by Crippen LogP contribution is -2.25. The summed E-state index contributed by atoms with van der Waals surface area (Å²) in [6.45, 7) is 1.92. The van der Waals surface area contributed by atoms with E-state index in [1.165, 1.54) is 16.6 Å². The minimum atomic E-state index is -0.175. The van der Waals surface area contributed by atoms with Gasteiger partial charge in [0.2, 0.25) is 0 Å². The van der Waals surface area contributed by atoms with Crippen LogP contribution >= 0.6 is 11.8 Å². The van der Waals surface area contributed by atoms with Gasteiger partial charge in [0.25, 0.3) is 0 Å². The molecule has 2 aromatic carbocycles. The van der Waals surface area contributed by atoms with Gasteiger partial charge in [-0.25, -0.2) is 4.39 Å². The number of para-hydroxylation sites is 1. The molecule has 2 aromatic rings. The Kier molecular flexibility index (Phi) is 4.17. The highest BCUT2D eigenvalue weighted by Gasteiger charge is 2.23. The monoisotopic (exact) mass is 301 g/mol. The Bertz CT molecular complexity index is 642. The van der Waals surface area contributed by atoms with Gasteiger partial charge in [0, 0.05) is 16.3 Å². The number of hydrogen-bond donors (Lipinski definition) is 0. The standard InChI is InChI=1S/C17H19FN2S/c1-19(2)10-5-11-20-14-6-3-4-7-16(14)21-17-9-8-13(18)12-15(17)20/h3-4,6-9,12H,5,10-11H2,1-2H3/i18-1. The van der Waals surface area contributed by atoms with Crippen LogP contribution in [0, 0.1) is 5.82 Å². The molecule has 0 saturated carbocycles. The Morgan fingerprint density at radius 1 is 1.05 bits per heavy atom. The molecule has 0 aliphatic carbocycles. The maximum atomic E-state index is 13.7. The first kappa shape index (κ1) is 14.4. The summed E-state index contributed by atoms with van der Waals surface area (Å²) in [4.78, 5) is 6.78. The van der Waals surface area contributed by atoms with Crippen molar-refractivity contribution in [1.29, 1.82) is 0 Å². The SMILES string of the molecule is CN(C)CCCN1c2ccccc2Sc2ccc([18F])cc21. The number of anilines is 2. The van der Waals surface area contributed by atoms with Crippen molar-refractivity contribution < 1.29 is 4.39 Å². The summed E-state index contributed by atoms with van der Waals surface area (Å²) < 4.78 is 13.7. The Hall–Kier alpha value is -1.52. The molecule has 2 nitrogen and oxygen atoms in total. The van der Waals surface area contributed by atoms with Gasteiger partial charge in [-0.2, -0.15) is 0 Å². The molecule has 3 rings (SSSR count). The molecule has 21 heavy (non-hydrogen) atoms. The second kappa shape index (κ2) is 6.08. The average Bonchev–Trinajstić information content (AvgIpc) is 2.46. The summed E-state index contributed by atoms with van der Waals surface area (Å²) in [5, 5.41) is 0. The summed E-state index contributed by atoms with van der Waals surface area (Å²) in [6, 6.07) is 13.4. The quantitative estimate of drug-likeness (QED) is 0.827. The number of fused-ring (bicyclic) bond motifs is 2. The topological polar surface area (TPSA) is 6.48 Å². The Morgan fingerprint density at radius 2 is 1.81 bits per heavy atom. The molecule has 0 bridgehead atoms. The van der Waals surface area contributed by atoms with E-state index < -0.39 is 0 Å². The van der Waals surface area contributed by atoms with Crippen LogP contribution in [0.15, 0.2) is 52.3 Å². The van der Waals surface area contributed by atoms with Gasteiger partial charge in [-0.1, -0.05) is 23.9 Å². The van der Waals surface area contributed by atoms with Gasteiger partial charge >= 0.3 is 0 Å². The van der Waals surface area contributed by atoms with Gasteiger partial charge < -0.3 is 9.80 Å². The zero-order valence-electron chi connectivity index (χ0n) is 12.3. The molecule has 0 spiro atoms. The molecule has 4 heteroatoms. The van der Waals surface area contributed by atoms with Crippen LogP contribution in [0.25, 0.3) is 0 Å². The first-order valence-corrected chi connectivity index (χ1v) is 7.95.